The van der Waals surface area contributed by atoms with Crippen LogP contribution in [0.15, 0.2) is 34.4 Å². The summed E-state index contributed by atoms with van der Waals surface area (Å²) in [7, 11) is -2.44. The average molecular weight is 438 g/mol. The summed E-state index contributed by atoms with van der Waals surface area (Å²) in [6.07, 6.45) is 2.69. The van der Waals surface area contributed by atoms with Gasteiger partial charge in [0.2, 0.25) is 10.0 Å². The van der Waals surface area contributed by atoms with E-state index >= 15 is 0 Å². The number of aliphatic hydroxyl groups excluding tert-OH is 1. The fraction of sp³-hybridized carbons (Fsp3) is 0.500. The number of β-amino-alcohol motifs (C(OH)–C–C–N with tert-alkyl or cyclic N) is 1. The molecular formula is C20H27N3O6S. The highest BCUT2D eigenvalue weighted by Crippen LogP contribution is 2.28. The number of benzene rings is 1. The van der Waals surface area contributed by atoms with Crippen molar-refractivity contribution in [1.82, 2.24) is 9.21 Å². The molecule has 2 aliphatic rings. The maximum Gasteiger partial charge on any atom is 0.337 e. The molecule has 0 unspecified atom stereocenters. The second-order valence-corrected chi connectivity index (χ2v) is 9.27. The molecule has 10 heteroatoms. The van der Waals surface area contributed by atoms with Crippen molar-refractivity contribution < 1.29 is 27.9 Å². The molecule has 1 fully saturated rings. The summed E-state index contributed by atoms with van der Waals surface area (Å²) < 4.78 is 32.5. The molecular weight excluding hydrogens is 410 g/mol. The number of aliphatic hydroxyl groups is 1. The van der Waals surface area contributed by atoms with E-state index in [-0.39, 0.29) is 35.9 Å². The lowest BCUT2D eigenvalue weighted by atomic mass is 10.2. The first kappa shape index (κ1) is 22.3. The first-order chi connectivity index (χ1) is 14.3. The van der Waals surface area contributed by atoms with Gasteiger partial charge >= 0.3 is 5.97 Å². The highest BCUT2D eigenvalue weighted by molar-refractivity contribution is 7.89. The smallest absolute Gasteiger partial charge is 0.337 e. The van der Waals surface area contributed by atoms with Gasteiger partial charge in [-0.25, -0.2) is 13.2 Å². The first-order valence-corrected chi connectivity index (χ1v) is 11.3. The molecule has 0 aliphatic carbocycles. The number of amides is 1. The van der Waals surface area contributed by atoms with Gasteiger partial charge in [0, 0.05) is 25.3 Å². The number of hydrogen-bond acceptors (Lipinski definition) is 7. The van der Waals surface area contributed by atoms with E-state index in [1.54, 1.807) is 19.1 Å². The van der Waals surface area contributed by atoms with Crippen molar-refractivity contribution >= 4 is 27.6 Å². The quantitative estimate of drug-likeness (QED) is 0.607. The van der Waals surface area contributed by atoms with Crippen molar-refractivity contribution in [1.29, 1.82) is 0 Å². The van der Waals surface area contributed by atoms with Crippen LogP contribution < -0.4 is 5.32 Å². The van der Waals surface area contributed by atoms with E-state index in [2.05, 4.69) is 5.32 Å². The standard InChI is InChI=1S/C20H27N3O6S/c1-14-6-7-15(12-17(14)30(27,28)23-8-4-3-5-9-23)21-18-16(20(26)29-2)13-22(10-11-24)19(18)25/h6-7,12,21,24H,3-5,8-11,13H2,1-2H3. The van der Waals surface area contributed by atoms with Crippen LogP contribution in [0.25, 0.3) is 0 Å². The van der Waals surface area contributed by atoms with Crippen molar-refractivity contribution in [3.63, 3.8) is 0 Å². The van der Waals surface area contributed by atoms with Gasteiger partial charge in [-0.15, -0.1) is 0 Å². The highest BCUT2D eigenvalue weighted by atomic mass is 32.2. The molecule has 164 valence electrons. The molecule has 0 spiro atoms. The predicted molar refractivity (Wildman–Crippen MR) is 110 cm³/mol. The Morgan fingerprint density at radius 3 is 2.57 bits per heavy atom. The SMILES string of the molecule is COC(=O)C1=C(Nc2ccc(C)c(S(=O)(=O)N3CCCCC3)c2)C(=O)N(CCO)C1. The molecule has 3 rings (SSSR count). The van der Waals surface area contributed by atoms with E-state index in [4.69, 9.17) is 9.84 Å². The van der Waals surface area contributed by atoms with Crippen molar-refractivity contribution in [2.75, 3.05) is 45.2 Å². The summed E-state index contributed by atoms with van der Waals surface area (Å²) in [4.78, 5) is 26.3. The zero-order valence-corrected chi connectivity index (χ0v) is 18.0. The van der Waals surface area contributed by atoms with Crippen LogP contribution in [0.2, 0.25) is 0 Å². The summed E-state index contributed by atoms with van der Waals surface area (Å²) in [6.45, 7) is 2.56. The molecule has 0 radical (unpaired) electrons. The number of carbonyl (C=O) groups excluding carboxylic acids is 2. The number of nitrogens with one attached hydrogen (secondary N) is 1. The van der Waals surface area contributed by atoms with Gasteiger partial charge in [0.1, 0.15) is 5.70 Å². The second-order valence-electron chi connectivity index (χ2n) is 7.37. The Balaban J connectivity index is 1.94. The van der Waals surface area contributed by atoms with Crippen LogP contribution in [-0.2, 0) is 24.3 Å². The van der Waals surface area contributed by atoms with E-state index in [9.17, 15) is 18.0 Å². The molecule has 1 saturated heterocycles. The average Bonchev–Trinajstić information content (AvgIpc) is 3.05. The van der Waals surface area contributed by atoms with E-state index in [0.29, 0.717) is 24.3 Å². The van der Waals surface area contributed by atoms with Gasteiger partial charge < -0.3 is 20.1 Å². The van der Waals surface area contributed by atoms with Crippen molar-refractivity contribution in [3.05, 3.63) is 35.0 Å². The lowest BCUT2D eigenvalue weighted by Gasteiger charge is -2.26. The van der Waals surface area contributed by atoms with Crippen molar-refractivity contribution in [3.8, 4) is 0 Å². The lowest BCUT2D eigenvalue weighted by molar-refractivity contribution is -0.136. The number of piperidine rings is 1. The maximum absolute atomic E-state index is 13.1. The minimum Gasteiger partial charge on any atom is -0.466 e. The fourth-order valence-electron chi connectivity index (χ4n) is 3.69. The Morgan fingerprint density at radius 1 is 1.23 bits per heavy atom. The highest BCUT2D eigenvalue weighted by Gasteiger charge is 2.35. The number of aryl methyl sites for hydroxylation is 1. The number of nitrogens with zero attached hydrogens (tertiary/aromatic N) is 2. The normalized spacial score (nSPS) is 18.1. The number of carbonyl (C=O) groups is 2. The topological polar surface area (TPSA) is 116 Å². The Labute approximate surface area is 176 Å². The number of hydrogen-bond donors (Lipinski definition) is 2. The molecule has 0 saturated carbocycles. The molecule has 0 atom stereocenters. The summed E-state index contributed by atoms with van der Waals surface area (Å²) in [5, 5.41) is 12.1. The van der Waals surface area contributed by atoms with Crippen LogP contribution >= 0.6 is 0 Å². The third-order valence-corrected chi connectivity index (χ3v) is 7.38. The number of anilines is 1. The zero-order valence-electron chi connectivity index (χ0n) is 17.2. The number of ether oxygens (including phenoxy) is 1. The molecule has 2 aliphatic heterocycles. The monoisotopic (exact) mass is 437 g/mol. The van der Waals surface area contributed by atoms with E-state index in [1.807, 2.05) is 0 Å². The molecule has 9 nitrogen and oxygen atoms in total. The number of sulfonamides is 1. The van der Waals surface area contributed by atoms with Crippen LogP contribution in [0.4, 0.5) is 5.69 Å². The summed E-state index contributed by atoms with van der Waals surface area (Å²) >= 11 is 0. The molecule has 0 bridgehead atoms. The van der Waals surface area contributed by atoms with Gasteiger partial charge in [-0.3, -0.25) is 4.79 Å². The fourth-order valence-corrected chi connectivity index (χ4v) is 5.46. The predicted octanol–water partition coefficient (Wildman–Crippen LogP) is 0.843. The number of methoxy groups -OCH3 is 1. The Morgan fingerprint density at radius 2 is 1.93 bits per heavy atom. The van der Waals surface area contributed by atoms with Crippen LogP contribution in [0.3, 0.4) is 0 Å². The van der Waals surface area contributed by atoms with Crippen LogP contribution in [0.1, 0.15) is 24.8 Å². The lowest BCUT2D eigenvalue weighted by Crippen LogP contribution is -2.36. The Kier molecular flexibility index (Phi) is 6.79. The molecule has 1 amide bonds. The van der Waals surface area contributed by atoms with Crippen LogP contribution in [0, 0.1) is 6.92 Å². The molecule has 1 aromatic rings. The van der Waals surface area contributed by atoms with Gasteiger partial charge in [0.05, 0.1) is 30.7 Å². The molecule has 2 heterocycles. The molecule has 1 aromatic carbocycles. The molecule has 0 aromatic heterocycles. The largest absolute Gasteiger partial charge is 0.466 e. The first-order valence-electron chi connectivity index (χ1n) is 9.89. The summed E-state index contributed by atoms with van der Waals surface area (Å²) in [5.41, 5.74) is 1.15. The van der Waals surface area contributed by atoms with Crippen LogP contribution in [-0.4, -0.2) is 74.5 Å². The van der Waals surface area contributed by atoms with E-state index in [0.717, 1.165) is 19.3 Å². The number of rotatable bonds is 7. The third-order valence-electron chi connectivity index (χ3n) is 5.34. The van der Waals surface area contributed by atoms with Crippen molar-refractivity contribution in [2.24, 2.45) is 0 Å². The minimum atomic E-state index is -3.66. The minimum absolute atomic E-state index is 0.0131. The van der Waals surface area contributed by atoms with Gasteiger partial charge in [-0.05, 0) is 37.5 Å². The number of esters is 1. The Hall–Kier alpha value is -2.43. The molecule has 30 heavy (non-hydrogen) atoms. The van der Waals surface area contributed by atoms with Gasteiger partial charge in [0.25, 0.3) is 5.91 Å². The maximum atomic E-state index is 13.1. The van der Waals surface area contributed by atoms with E-state index in [1.165, 1.54) is 22.4 Å². The summed E-state index contributed by atoms with van der Waals surface area (Å²) in [6, 6.07) is 4.82. The van der Waals surface area contributed by atoms with Crippen molar-refractivity contribution in [2.45, 2.75) is 31.1 Å². The van der Waals surface area contributed by atoms with Crippen LogP contribution in [0.5, 0.6) is 0 Å². The third kappa shape index (κ3) is 4.35. The second kappa shape index (κ2) is 9.15. The molecule has 2 N–H and O–H groups in total. The van der Waals surface area contributed by atoms with Gasteiger partial charge in [-0.2, -0.15) is 4.31 Å². The zero-order chi connectivity index (χ0) is 21.9. The summed E-state index contributed by atoms with van der Waals surface area (Å²) in [5.74, 6) is -1.11. The van der Waals surface area contributed by atoms with Gasteiger partial charge in [0.15, 0.2) is 0 Å². The van der Waals surface area contributed by atoms with Gasteiger partial charge in [-0.1, -0.05) is 12.5 Å². The Bertz CT molecular complexity index is 967. The van der Waals surface area contributed by atoms with E-state index < -0.39 is 21.9 Å².